The van der Waals surface area contributed by atoms with Gasteiger partial charge in [-0.1, -0.05) is 19.9 Å². The van der Waals surface area contributed by atoms with Crippen LogP contribution < -0.4 is 16.0 Å². The molecule has 1 aliphatic rings. The van der Waals surface area contributed by atoms with Gasteiger partial charge in [0.2, 0.25) is 5.91 Å². The Morgan fingerprint density at radius 1 is 1.19 bits per heavy atom. The van der Waals surface area contributed by atoms with Gasteiger partial charge in [0.05, 0.1) is 17.9 Å². The summed E-state index contributed by atoms with van der Waals surface area (Å²) in [5.41, 5.74) is -1.16. The van der Waals surface area contributed by atoms with Gasteiger partial charge in [0, 0.05) is 29.9 Å². The van der Waals surface area contributed by atoms with Gasteiger partial charge in [-0.25, -0.2) is 8.42 Å². The molecule has 1 saturated carbocycles. The Morgan fingerprint density at radius 3 is 2.47 bits per heavy atom. The van der Waals surface area contributed by atoms with Crippen molar-refractivity contribution in [3.63, 3.8) is 0 Å². The van der Waals surface area contributed by atoms with E-state index in [4.69, 9.17) is 0 Å². The minimum absolute atomic E-state index is 0.0647. The van der Waals surface area contributed by atoms with Gasteiger partial charge in [0.25, 0.3) is 5.91 Å². The summed E-state index contributed by atoms with van der Waals surface area (Å²) >= 11 is 0. The van der Waals surface area contributed by atoms with Gasteiger partial charge in [-0.3, -0.25) is 9.59 Å². The van der Waals surface area contributed by atoms with Crippen LogP contribution in [0.25, 0.3) is 0 Å². The van der Waals surface area contributed by atoms with Gasteiger partial charge in [-0.05, 0) is 43.4 Å². The molecule has 1 aromatic carbocycles. The van der Waals surface area contributed by atoms with E-state index in [9.17, 15) is 31.2 Å². The van der Waals surface area contributed by atoms with E-state index in [2.05, 4.69) is 16.0 Å². The van der Waals surface area contributed by atoms with Gasteiger partial charge in [0.15, 0.2) is 0 Å². The molecule has 1 aliphatic carbocycles. The lowest BCUT2D eigenvalue weighted by Crippen LogP contribution is -2.52. The molecule has 1 aromatic rings. The van der Waals surface area contributed by atoms with Crippen LogP contribution >= 0.6 is 0 Å². The molecule has 0 saturated heterocycles. The number of benzene rings is 1. The van der Waals surface area contributed by atoms with Crippen LogP contribution in [0.3, 0.4) is 0 Å². The van der Waals surface area contributed by atoms with Crippen molar-refractivity contribution in [2.45, 2.75) is 57.4 Å². The molecule has 0 aliphatic heterocycles. The quantitative estimate of drug-likeness (QED) is 0.532. The fourth-order valence-corrected chi connectivity index (χ4v) is 5.15. The van der Waals surface area contributed by atoms with Crippen LogP contribution in [0.15, 0.2) is 24.3 Å². The van der Waals surface area contributed by atoms with Crippen molar-refractivity contribution in [1.29, 1.82) is 0 Å². The summed E-state index contributed by atoms with van der Waals surface area (Å²) in [6, 6.07) is 3.96. The summed E-state index contributed by atoms with van der Waals surface area (Å²) in [7, 11) is -3.26. The Labute approximate surface area is 186 Å². The Balaban J connectivity index is 1.96. The van der Waals surface area contributed by atoms with E-state index in [0.717, 1.165) is 30.9 Å². The maximum Gasteiger partial charge on any atom is 0.416 e. The normalized spacial score (nSPS) is 21.9. The van der Waals surface area contributed by atoms with Gasteiger partial charge in [-0.2, -0.15) is 13.2 Å². The summed E-state index contributed by atoms with van der Waals surface area (Å²) < 4.78 is 62.2. The molecule has 0 aromatic heterocycles. The number of amides is 2. The number of halogens is 3. The number of alkyl halides is 3. The van der Waals surface area contributed by atoms with Crippen molar-refractivity contribution < 1.29 is 31.2 Å². The van der Waals surface area contributed by atoms with Crippen molar-refractivity contribution in [1.82, 2.24) is 16.0 Å². The first-order chi connectivity index (χ1) is 14.7. The van der Waals surface area contributed by atoms with Gasteiger partial charge < -0.3 is 16.0 Å². The highest BCUT2D eigenvalue weighted by atomic mass is 32.2. The number of hydrogen-bond acceptors (Lipinski definition) is 5. The number of hydrogen-bond donors (Lipinski definition) is 3. The molecule has 2 rings (SSSR count). The van der Waals surface area contributed by atoms with Gasteiger partial charge in [0.1, 0.15) is 9.84 Å². The lowest BCUT2D eigenvalue weighted by atomic mass is 9.82. The number of carbonyl (C=O) groups excluding carboxylic acids is 2. The lowest BCUT2D eigenvalue weighted by Gasteiger charge is -2.37. The first-order valence-corrected chi connectivity index (χ1v) is 12.5. The van der Waals surface area contributed by atoms with Crippen LogP contribution in [0.2, 0.25) is 0 Å². The summed E-state index contributed by atoms with van der Waals surface area (Å²) in [6.45, 7) is 3.59. The largest absolute Gasteiger partial charge is 0.416 e. The molecule has 3 atom stereocenters. The highest BCUT2D eigenvalue weighted by molar-refractivity contribution is 7.90. The predicted molar refractivity (Wildman–Crippen MR) is 115 cm³/mol. The SMILES string of the molecule is CC(C)N[C@@H]1CC[C@H](NC(=O)CNC(=O)c2cccc(C(F)(F)F)c2)[C@@H](CS(C)(=O)=O)C1. The minimum atomic E-state index is -4.58. The third-order valence-corrected chi connectivity index (χ3v) is 6.31. The molecule has 0 heterocycles. The summed E-state index contributed by atoms with van der Waals surface area (Å²) in [6.07, 6.45) is -1.49. The summed E-state index contributed by atoms with van der Waals surface area (Å²) in [5, 5.41) is 8.50. The number of rotatable bonds is 8. The van der Waals surface area contributed by atoms with Gasteiger partial charge in [-0.15, -0.1) is 0 Å². The second kappa shape index (κ2) is 10.7. The number of sulfone groups is 1. The average molecular weight is 478 g/mol. The van der Waals surface area contributed by atoms with E-state index in [1.54, 1.807) is 0 Å². The van der Waals surface area contributed by atoms with E-state index in [0.29, 0.717) is 12.8 Å². The Morgan fingerprint density at radius 2 is 1.88 bits per heavy atom. The van der Waals surface area contributed by atoms with E-state index in [1.165, 1.54) is 6.07 Å². The second-order valence-electron chi connectivity index (χ2n) is 8.62. The van der Waals surface area contributed by atoms with Crippen LogP contribution in [0.5, 0.6) is 0 Å². The molecule has 3 N–H and O–H groups in total. The Bertz CT molecular complexity index is 919. The zero-order valence-electron chi connectivity index (χ0n) is 18.3. The third kappa shape index (κ3) is 8.42. The fraction of sp³-hybridized carbons (Fsp3) is 0.619. The fourth-order valence-electron chi connectivity index (χ4n) is 4.01. The van der Waals surface area contributed by atoms with E-state index >= 15 is 0 Å². The molecule has 2 amide bonds. The predicted octanol–water partition coefficient (Wildman–Crippen LogP) is 2.13. The monoisotopic (exact) mass is 477 g/mol. The standard InChI is InChI=1S/C21H30F3N3O4S/c1-13(2)26-17-7-8-18(15(10-17)12-32(3,30)31)27-19(28)11-25-20(29)14-5-4-6-16(9-14)21(22,23)24/h4-6,9,13,15,17-18,26H,7-8,10-12H2,1-3H3,(H,25,29)(H,27,28)/t15-,17-,18+/m1/s1. The first kappa shape index (κ1) is 26.1. The Hall–Kier alpha value is -2.14. The topological polar surface area (TPSA) is 104 Å². The zero-order valence-corrected chi connectivity index (χ0v) is 19.1. The molecule has 1 fully saturated rings. The average Bonchev–Trinajstić information content (AvgIpc) is 2.66. The second-order valence-corrected chi connectivity index (χ2v) is 10.8. The third-order valence-electron chi connectivity index (χ3n) is 5.28. The molecule has 0 bridgehead atoms. The molecule has 0 spiro atoms. The smallest absolute Gasteiger partial charge is 0.352 e. The molecule has 11 heteroatoms. The summed E-state index contributed by atoms with van der Waals surface area (Å²) in [5.74, 6) is -1.67. The highest BCUT2D eigenvalue weighted by Crippen LogP contribution is 2.29. The number of carbonyl (C=O) groups is 2. The molecule has 7 nitrogen and oxygen atoms in total. The highest BCUT2D eigenvalue weighted by Gasteiger charge is 2.34. The van der Waals surface area contributed by atoms with Crippen molar-refractivity contribution in [2.75, 3.05) is 18.6 Å². The van der Waals surface area contributed by atoms with Crippen molar-refractivity contribution >= 4 is 21.7 Å². The Kier molecular flexibility index (Phi) is 8.69. The molecule has 0 unspecified atom stereocenters. The maximum atomic E-state index is 12.8. The van der Waals surface area contributed by atoms with Crippen LogP contribution in [-0.4, -0.2) is 56.9 Å². The summed E-state index contributed by atoms with van der Waals surface area (Å²) in [4.78, 5) is 24.5. The van der Waals surface area contributed by atoms with Crippen molar-refractivity contribution in [2.24, 2.45) is 5.92 Å². The van der Waals surface area contributed by atoms with Crippen molar-refractivity contribution in [3.05, 3.63) is 35.4 Å². The molecular weight excluding hydrogens is 447 g/mol. The van der Waals surface area contributed by atoms with Crippen LogP contribution in [0.4, 0.5) is 13.2 Å². The number of nitrogens with one attached hydrogen (secondary N) is 3. The van der Waals surface area contributed by atoms with Crippen molar-refractivity contribution in [3.8, 4) is 0 Å². The van der Waals surface area contributed by atoms with Crippen LogP contribution in [0.1, 0.15) is 49.0 Å². The molecule has 0 radical (unpaired) electrons. The van der Waals surface area contributed by atoms with E-state index in [1.807, 2.05) is 13.8 Å². The van der Waals surface area contributed by atoms with Gasteiger partial charge >= 0.3 is 6.18 Å². The van der Waals surface area contributed by atoms with Crippen LogP contribution in [0, 0.1) is 5.92 Å². The lowest BCUT2D eigenvalue weighted by molar-refractivity contribution is -0.137. The zero-order chi connectivity index (χ0) is 24.1. The van der Waals surface area contributed by atoms with E-state index < -0.39 is 39.9 Å². The maximum absolute atomic E-state index is 12.8. The minimum Gasteiger partial charge on any atom is -0.352 e. The van der Waals surface area contributed by atoms with Crippen LogP contribution in [-0.2, 0) is 20.8 Å². The first-order valence-electron chi connectivity index (χ1n) is 10.4. The molecular formula is C21H30F3N3O4S. The van der Waals surface area contributed by atoms with E-state index in [-0.39, 0.29) is 35.4 Å². The molecule has 180 valence electrons. The molecule has 32 heavy (non-hydrogen) atoms.